The molecule has 0 bridgehead atoms. The van der Waals surface area contributed by atoms with E-state index in [4.69, 9.17) is 0 Å². The standard InChI is InChI=1S/C25H29N3O5S/c1-2-23(29)26-20-13-16-28(25(17-20)14-6-15-25)34(32,33)22-11-9-21(10-12-22)27(24(30)31)18-19-7-4-3-5-8-19/h2-5,7-12,20H,1,6,13-18H2,(H,26,29)(H,30,31). The van der Waals surface area contributed by atoms with Crippen molar-refractivity contribution >= 4 is 27.7 Å². The maximum absolute atomic E-state index is 13.6. The van der Waals surface area contributed by atoms with Crippen molar-refractivity contribution in [2.24, 2.45) is 0 Å². The highest BCUT2D eigenvalue weighted by molar-refractivity contribution is 7.89. The molecule has 0 radical (unpaired) electrons. The number of carbonyl (C=O) groups excluding carboxylic acids is 1. The van der Waals surface area contributed by atoms with Crippen molar-refractivity contribution in [3.8, 4) is 0 Å². The van der Waals surface area contributed by atoms with Gasteiger partial charge in [-0.25, -0.2) is 13.2 Å². The SMILES string of the molecule is C=CC(=O)NC1CCN(S(=O)(=O)c2ccc(N(Cc3ccccc3)C(=O)O)cc2)C2(CCC2)C1. The second kappa shape index (κ2) is 9.60. The normalized spacial score (nSPS) is 19.7. The molecule has 2 aromatic carbocycles. The molecule has 2 aromatic rings. The van der Waals surface area contributed by atoms with Crippen LogP contribution < -0.4 is 10.2 Å². The van der Waals surface area contributed by atoms with Crippen molar-refractivity contribution in [3.05, 3.63) is 72.8 Å². The summed E-state index contributed by atoms with van der Waals surface area (Å²) in [6.07, 6.45) is 3.69. The summed E-state index contributed by atoms with van der Waals surface area (Å²) in [5, 5.41) is 12.6. The van der Waals surface area contributed by atoms with Gasteiger partial charge in [-0.05, 0) is 68.0 Å². The molecule has 1 aliphatic heterocycles. The molecule has 9 heteroatoms. The number of carboxylic acid groups (broad SMARTS) is 1. The van der Waals surface area contributed by atoms with Crippen LogP contribution in [-0.4, -0.2) is 48.0 Å². The first-order chi connectivity index (χ1) is 16.2. The van der Waals surface area contributed by atoms with Gasteiger partial charge < -0.3 is 10.4 Å². The maximum Gasteiger partial charge on any atom is 0.412 e. The van der Waals surface area contributed by atoms with Gasteiger partial charge in [0.2, 0.25) is 15.9 Å². The van der Waals surface area contributed by atoms with Gasteiger partial charge in [-0.3, -0.25) is 9.69 Å². The summed E-state index contributed by atoms with van der Waals surface area (Å²) in [5.74, 6) is -0.246. The number of nitrogens with zero attached hydrogens (tertiary/aromatic N) is 2. The van der Waals surface area contributed by atoms with Gasteiger partial charge in [0, 0.05) is 23.8 Å². The van der Waals surface area contributed by atoms with Crippen LogP contribution in [0.3, 0.4) is 0 Å². The van der Waals surface area contributed by atoms with Gasteiger partial charge in [-0.2, -0.15) is 4.31 Å². The molecule has 1 saturated heterocycles. The molecule has 4 rings (SSSR count). The van der Waals surface area contributed by atoms with Gasteiger partial charge in [-0.1, -0.05) is 36.9 Å². The molecule has 2 amide bonds. The minimum atomic E-state index is -3.78. The Hall–Kier alpha value is -3.17. The highest BCUT2D eigenvalue weighted by Gasteiger charge is 2.51. The van der Waals surface area contributed by atoms with Crippen LogP contribution in [0.25, 0.3) is 0 Å². The molecule has 1 spiro atoms. The van der Waals surface area contributed by atoms with Gasteiger partial charge in [0.15, 0.2) is 0 Å². The van der Waals surface area contributed by atoms with Crippen molar-refractivity contribution in [2.45, 2.75) is 55.1 Å². The molecule has 1 atom stereocenters. The zero-order chi connectivity index (χ0) is 24.3. The van der Waals surface area contributed by atoms with Crippen LogP contribution in [0.2, 0.25) is 0 Å². The van der Waals surface area contributed by atoms with Crippen LogP contribution in [0.15, 0.2) is 72.1 Å². The van der Waals surface area contributed by atoms with Crippen molar-refractivity contribution < 1.29 is 23.1 Å². The van der Waals surface area contributed by atoms with Gasteiger partial charge in [0.25, 0.3) is 0 Å². The number of rotatable bonds is 7. The second-order valence-corrected chi connectivity index (χ2v) is 10.8. The first-order valence-corrected chi connectivity index (χ1v) is 12.8. The van der Waals surface area contributed by atoms with E-state index in [1.54, 1.807) is 4.31 Å². The summed E-state index contributed by atoms with van der Waals surface area (Å²) in [5.41, 5.74) is 0.745. The van der Waals surface area contributed by atoms with E-state index in [9.17, 15) is 23.1 Å². The largest absolute Gasteiger partial charge is 0.465 e. The lowest BCUT2D eigenvalue weighted by Gasteiger charge is -2.54. The van der Waals surface area contributed by atoms with Gasteiger partial charge in [0.05, 0.1) is 11.4 Å². The van der Waals surface area contributed by atoms with Crippen LogP contribution in [-0.2, 0) is 21.4 Å². The quantitative estimate of drug-likeness (QED) is 0.584. The van der Waals surface area contributed by atoms with Crippen LogP contribution in [0.1, 0.15) is 37.7 Å². The minimum absolute atomic E-state index is 0.0817. The molecular formula is C25H29N3O5S. The fraction of sp³-hybridized carbons (Fsp3) is 0.360. The fourth-order valence-electron chi connectivity index (χ4n) is 4.93. The molecule has 2 fully saturated rings. The zero-order valence-corrected chi connectivity index (χ0v) is 19.7. The van der Waals surface area contributed by atoms with Crippen LogP contribution in [0.4, 0.5) is 10.5 Å². The Morgan fingerprint density at radius 1 is 1.15 bits per heavy atom. The fourth-order valence-corrected chi connectivity index (χ4v) is 6.78. The lowest BCUT2D eigenvalue weighted by molar-refractivity contribution is -0.117. The molecule has 1 heterocycles. The highest BCUT2D eigenvalue weighted by atomic mass is 32.2. The van der Waals surface area contributed by atoms with E-state index < -0.39 is 21.7 Å². The molecule has 180 valence electrons. The molecule has 2 N–H and O–H groups in total. The Balaban J connectivity index is 1.54. The van der Waals surface area contributed by atoms with E-state index in [1.807, 2.05) is 30.3 Å². The Kier molecular flexibility index (Phi) is 6.77. The Bertz CT molecular complexity index is 1160. The predicted molar refractivity (Wildman–Crippen MR) is 129 cm³/mol. The molecular weight excluding hydrogens is 454 g/mol. The van der Waals surface area contributed by atoms with Crippen molar-refractivity contribution in [1.82, 2.24) is 9.62 Å². The summed E-state index contributed by atoms with van der Waals surface area (Å²) in [6.45, 7) is 3.97. The van der Waals surface area contributed by atoms with Gasteiger partial charge in [-0.15, -0.1) is 0 Å². The third kappa shape index (κ3) is 4.71. The first kappa shape index (κ1) is 24.0. The van der Waals surface area contributed by atoms with Crippen LogP contribution in [0, 0.1) is 0 Å². The number of hydrogen-bond acceptors (Lipinski definition) is 4. The molecule has 2 aliphatic rings. The average Bonchev–Trinajstić information content (AvgIpc) is 2.81. The number of benzene rings is 2. The zero-order valence-electron chi connectivity index (χ0n) is 18.9. The highest BCUT2D eigenvalue weighted by Crippen LogP contribution is 2.47. The molecule has 8 nitrogen and oxygen atoms in total. The van der Waals surface area contributed by atoms with Crippen molar-refractivity contribution in [3.63, 3.8) is 0 Å². The Morgan fingerprint density at radius 2 is 1.82 bits per heavy atom. The Morgan fingerprint density at radius 3 is 2.38 bits per heavy atom. The Labute approximate surface area is 199 Å². The number of piperidine rings is 1. The number of nitrogens with one attached hydrogen (secondary N) is 1. The minimum Gasteiger partial charge on any atom is -0.465 e. The van der Waals surface area contributed by atoms with Gasteiger partial charge in [0.1, 0.15) is 0 Å². The second-order valence-electron chi connectivity index (χ2n) is 8.91. The molecule has 0 aromatic heterocycles. The molecule has 1 aliphatic carbocycles. The van der Waals surface area contributed by atoms with Crippen LogP contribution in [0.5, 0.6) is 0 Å². The summed E-state index contributed by atoms with van der Waals surface area (Å²) >= 11 is 0. The number of sulfonamides is 1. The summed E-state index contributed by atoms with van der Waals surface area (Å²) in [6, 6.07) is 15.2. The first-order valence-electron chi connectivity index (χ1n) is 11.4. The smallest absolute Gasteiger partial charge is 0.412 e. The monoisotopic (exact) mass is 483 g/mol. The van der Waals surface area contributed by atoms with E-state index in [-0.39, 0.29) is 23.4 Å². The lowest BCUT2D eigenvalue weighted by Crippen LogP contribution is -2.63. The summed E-state index contributed by atoms with van der Waals surface area (Å²) in [4.78, 5) is 24.9. The third-order valence-electron chi connectivity index (χ3n) is 6.80. The average molecular weight is 484 g/mol. The van der Waals surface area contributed by atoms with E-state index in [0.717, 1.165) is 24.8 Å². The predicted octanol–water partition coefficient (Wildman–Crippen LogP) is 3.75. The number of carbonyl (C=O) groups is 2. The van der Waals surface area contributed by atoms with E-state index in [2.05, 4.69) is 11.9 Å². The third-order valence-corrected chi connectivity index (χ3v) is 8.82. The number of hydrogen-bond donors (Lipinski definition) is 2. The van der Waals surface area contributed by atoms with Gasteiger partial charge >= 0.3 is 6.09 Å². The lowest BCUT2D eigenvalue weighted by atomic mass is 9.70. The van der Waals surface area contributed by atoms with Crippen molar-refractivity contribution in [1.29, 1.82) is 0 Å². The molecule has 34 heavy (non-hydrogen) atoms. The summed E-state index contributed by atoms with van der Waals surface area (Å²) in [7, 11) is -3.78. The van der Waals surface area contributed by atoms with E-state index in [1.165, 1.54) is 35.2 Å². The number of amides is 2. The topological polar surface area (TPSA) is 107 Å². The number of anilines is 1. The van der Waals surface area contributed by atoms with E-state index in [0.29, 0.717) is 25.1 Å². The van der Waals surface area contributed by atoms with E-state index >= 15 is 0 Å². The maximum atomic E-state index is 13.6. The molecule has 1 unspecified atom stereocenters. The van der Waals surface area contributed by atoms with Crippen molar-refractivity contribution in [2.75, 3.05) is 11.4 Å². The summed E-state index contributed by atoms with van der Waals surface area (Å²) < 4.78 is 28.7. The van der Waals surface area contributed by atoms with Crippen LogP contribution >= 0.6 is 0 Å². The molecule has 1 saturated carbocycles.